The Morgan fingerprint density at radius 1 is 0.762 bits per heavy atom. The maximum atomic E-state index is 12.5. The first-order valence-electron chi connectivity index (χ1n) is 14.7. The van der Waals surface area contributed by atoms with Gasteiger partial charge in [-0.25, -0.2) is 9.59 Å². The Kier molecular flexibility index (Phi) is 17.3. The van der Waals surface area contributed by atoms with Gasteiger partial charge in [-0.3, -0.25) is 9.59 Å². The van der Waals surface area contributed by atoms with Gasteiger partial charge in [0.25, 0.3) is 11.8 Å². The van der Waals surface area contributed by atoms with Crippen LogP contribution in [0.2, 0.25) is 38.3 Å². The van der Waals surface area contributed by atoms with E-state index in [4.69, 9.17) is 13.6 Å². The van der Waals surface area contributed by atoms with Crippen LogP contribution in [0.15, 0.2) is 24.8 Å². The van der Waals surface area contributed by atoms with E-state index < -0.39 is 28.6 Å². The van der Waals surface area contributed by atoms with Crippen LogP contribution in [0, 0.1) is 0 Å². The SMILES string of the molecule is C=CC(=O)OCC[N+](C)(C)CC(=O)NCCC[Si](C)(C)O[Si](C)(C)CCCNC(=O)C[N+](C)(C)CCOC(=O)C(=C)C. The van der Waals surface area contributed by atoms with Gasteiger partial charge in [0, 0.05) is 24.7 Å². The fourth-order valence-electron chi connectivity index (χ4n) is 4.34. The minimum absolute atomic E-state index is 0.0262. The summed E-state index contributed by atoms with van der Waals surface area (Å²) in [6, 6.07) is 1.90. The quantitative estimate of drug-likeness (QED) is 0.0620. The normalized spacial score (nSPS) is 12.3. The van der Waals surface area contributed by atoms with E-state index in [0.717, 1.165) is 31.0 Å². The lowest BCUT2D eigenvalue weighted by Crippen LogP contribution is -2.49. The van der Waals surface area contributed by atoms with Crippen LogP contribution in [0.25, 0.3) is 0 Å². The minimum Gasteiger partial charge on any atom is -0.457 e. The summed E-state index contributed by atoms with van der Waals surface area (Å²) in [7, 11) is 3.89. The van der Waals surface area contributed by atoms with Crippen LogP contribution in [0.1, 0.15) is 19.8 Å². The third-order valence-electron chi connectivity index (χ3n) is 6.64. The molecule has 11 nitrogen and oxygen atoms in total. The summed E-state index contributed by atoms with van der Waals surface area (Å²) in [5, 5.41) is 6.02. The van der Waals surface area contributed by atoms with Crippen LogP contribution < -0.4 is 10.6 Å². The van der Waals surface area contributed by atoms with E-state index in [1.165, 1.54) is 0 Å². The number of quaternary nitrogens is 2. The lowest BCUT2D eigenvalue weighted by molar-refractivity contribution is -0.882. The van der Waals surface area contributed by atoms with Crippen molar-refractivity contribution in [2.45, 2.75) is 58.0 Å². The van der Waals surface area contributed by atoms with Gasteiger partial charge in [0.05, 0.1) is 28.2 Å². The molecule has 0 bridgehead atoms. The molecular formula is C29H58N4O7Si2+2. The molecule has 0 aromatic rings. The topological polar surface area (TPSA) is 120 Å². The van der Waals surface area contributed by atoms with Crippen molar-refractivity contribution in [2.24, 2.45) is 0 Å². The smallest absolute Gasteiger partial charge is 0.333 e. The van der Waals surface area contributed by atoms with Crippen LogP contribution in [-0.2, 0) is 32.8 Å². The number of esters is 2. The van der Waals surface area contributed by atoms with Gasteiger partial charge in [0.2, 0.25) is 0 Å². The molecule has 13 heteroatoms. The van der Waals surface area contributed by atoms with Crippen molar-refractivity contribution < 1.29 is 41.7 Å². The predicted octanol–water partition coefficient (Wildman–Crippen LogP) is 2.43. The van der Waals surface area contributed by atoms with Gasteiger partial charge < -0.3 is 33.2 Å². The zero-order valence-corrected chi connectivity index (χ0v) is 29.7. The average molecular weight is 631 g/mol. The lowest BCUT2D eigenvalue weighted by atomic mass is 10.3. The Morgan fingerprint density at radius 2 is 1.17 bits per heavy atom. The number of hydrogen-bond donors (Lipinski definition) is 2. The van der Waals surface area contributed by atoms with Crippen LogP contribution in [0.4, 0.5) is 0 Å². The Hall–Kier alpha value is -2.33. The molecule has 0 unspecified atom stereocenters. The number of likely N-dealkylation sites (N-methyl/N-ethyl adjacent to an activating group) is 2. The first kappa shape index (κ1) is 39.7. The molecule has 0 aromatic heterocycles. The Balaban J connectivity index is 4.31. The summed E-state index contributed by atoms with van der Waals surface area (Å²) in [6.45, 7) is 20.8. The first-order chi connectivity index (χ1) is 19.2. The Bertz CT molecular complexity index is 937. The third kappa shape index (κ3) is 20.5. The van der Waals surface area contributed by atoms with Crippen molar-refractivity contribution in [2.75, 3.05) is 80.7 Å². The third-order valence-corrected chi connectivity index (χ3v) is 14.2. The number of amides is 2. The van der Waals surface area contributed by atoms with Crippen molar-refractivity contribution in [3.05, 3.63) is 24.8 Å². The summed E-state index contributed by atoms with van der Waals surface area (Å²) < 4.78 is 17.7. The zero-order chi connectivity index (χ0) is 32.6. The van der Waals surface area contributed by atoms with Gasteiger partial charge in [-0.1, -0.05) is 13.2 Å². The first-order valence-corrected chi connectivity index (χ1v) is 20.9. The standard InChI is InChI=1S/C29H56N4O7Si2/c1-12-28(36)38-19-17-32(4,5)23-26(34)30-15-13-21-41(8,9)40-42(10,11)22-14-16-31-27(35)24-33(6,7)18-20-39-29(37)25(2)3/h12H,1-2,13-24H2,3-11H3/p+2. The fourth-order valence-corrected chi connectivity index (χ4v) is 13.2. The van der Waals surface area contributed by atoms with Crippen LogP contribution in [0.3, 0.4) is 0 Å². The van der Waals surface area contributed by atoms with E-state index in [1.54, 1.807) is 6.92 Å². The number of rotatable bonds is 22. The van der Waals surface area contributed by atoms with E-state index >= 15 is 0 Å². The van der Waals surface area contributed by atoms with Gasteiger partial charge in [0.15, 0.2) is 29.7 Å². The molecule has 2 N–H and O–H groups in total. The lowest BCUT2D eigenvalue weighted by Gasteiger charge is -2.34. The van der Waals surface area contributed by atoms with Crippen molar-refractivity contribution in [1.29, 1.82) is 0 Å². The number of carbonyl (C=O) groups excluding carboxylic acids is 4. The highest BCUT2D eigenvalue weighted by Gasteiger charge is 2.32. The number of nitrogens with zero attached hydrogens (tertiary/aromatic N) is 2. The van der Waals surface area contributed by atoms with Crippen molar-refractivity contribution >= 4 is 40.4 Å². The highest BCUT2D eigenvalue weighted by Crippen LogP contribution is 2.23. The largest absolute Gasteiger partial charge is 0.457 e. The number of carbonyl (C=O) groups is 4. The second-order valence-electron chi connectivity index (χ2n) is 13.5. The molecular weight excluding hydrogens is 573 g/mol. The van der Waals surface area contributed by atoms with Gasteiger partial charge in [-0.2, -0.15) is 0 Å². The van der Waals surface area contributed by atoms with Gasteiger partial charge in [0.1, 0.15) is 26.3 Å². The summed E-state index contributed by atoms with van der Waals surface area (Å²) in [5.41, 5.74) is 0.363. The maximum absolute atomic E-state index is 12.5. The molecule has 0 aromatic carbocycles. The van der Waals surface area contributed by atoms with E-state index in [2.05, 4.69) is 50.0 Å². The molecule has 0 aliphatic heterocycles. The van der Waals surface area contributed by atoms with Crippen LogP contribution in [0.5, 0.6) is 0 Å². The summed E-state index contributed by atoms with van der Waals surface area (Å²) >= 11 is 0. The van der Waals surface area contributed by atoms with E-state index in [1.807, 2.05) is 28.2 Å². The van der Waals surface area contributed by atoms with Gasteiger partial charge in [-0.15, -0.1) is 0 Å². The van der Waals surface area contributed by atoms with Crippen LogP contribution in [-0.4, -0.2) is 130 Å². The van der Waals surface area contributed by atoms with Gasteiger partial charge >= 0.3 is 11.9 Å². The summed E-state index contributed by atoms with van der Waals surface area (Å²) in [6.07, 6.45) is 2.84. The molecule has 42 heavy (non-hydrogen) atoms. The molecule has 0 saturated heterocycles. The van der Waals surface area contributed by atoms with Crippen molar-refractivity contribution in [1.82, 2.24) is 10.6 Å². The highest BCUT2D eigenvalue weighted by molar-refractivity contribution is 6.84. The van der Waals surface area contributed by atoms with Crippen molar-refractivity contribution in [3.8, 4) is 0 Å². The molecule has 0 heterocycles. The van der Waals surface area contributed by atoms with E-state index in [-0.39, 0.29) is 25.0 Å². The summed E-state index contributed by atoms with van der Waals surface area (Å²) in [4.78, 5) is 47.6. The molecule has 242 valence electrons. The van der Waals surface area contributed by atoms with Crippen LogP contribution >= 0.6 is 0 Å². The number of ether oxygens (including phenoxy) is 2. The number of nitrogens with one attached hydrogen (secondary N) is 2. The zero-order valence-electron chi connectivity index (χ0n) is 27.7. The molecule has 2 amide bonds. The molecule has 0 fully saturated rings. The number of hydrogen-bond acceptors (Lipinski definition) is 7. The molecule has 0 radical (unpaired) electrons. The highest BCUT2D eigenvalue weighted by atomic mass is 28.4. The molecule has 0 spiro atoms. The monoisotopic (exact) mass is 630 g/mol. The van der Waals surface area contributed by atoms with E-state index in [0.29, 0.717) is 53.8 Å². The predicted molar refractivity (Wildman–Crippen MR) is 172 cm³/mol. The molecule has 0 atom stereocenters. The Labute approximate surface area is 256 Å². The average Bonchev–Trinajstić information content (AvgIpc) is 2.82. The summed E-state index contributed by atoms with van der Waals surface area (Å²) in [5.74, 6) is -0.926. The molecule has 0 rings (SSSR count). The molecule has 0 aliphatic rings. The maximum Gasteiger partial charge on any atom is 0.333 e. The Morgan fingerprint density at radius 3 is 1.55 bits per heavy atom. The van der Waals surface area contributed by atoms with Gasteiger partial charge in [-0.05, 0) is 58.0 Å². The fraction of sp³-hybridized carbons (Fsp3) is 0.724. The second-order valence-corrected chi connectivity index (χ2v) is 22.3. The minimum atomic E-state index is -1.91. The molecule has 0 aliphatic carbocycles. The van der Waals surface area contributed by atoms with Crippen molar-refractivity contribution in [3.63, 3.8) is 0 Å². The molecule has 0 saturated carbocycles. The second kappa shape index (κ2) is 18.4. The van der Waals surface area contributed by atoms with E-state index in [9.17, 15) is 19.2 Å².